The molecule has 0 saturated carbocycles. The molecule has 5 rings (SSSR count). The van der Waals surface area contributed by atoms with E-state index in [0.29, 0.717) is 30.9 Å². The quantitative estimate of drug-likeness (QED) is 0.283. The Hall–Kier alpha value is -2.74. The van der Waals surface area contributed by atoms with Gasteiger partial charge in [-0.2, -0.15) is 0 Å². The lowest BCUT2D eigenvalue weighted by molar-refractivity contribution is -0.207. The summed E-state index contributed by atoms with van der Waals surface area (Å²) in [5, 5.41) is 0. The van der Waals surface area contributed by atoms with Crippen molar-refractivity contribution in [2.75, 3.05) is 19.8 Å². The van der Waals surface area contributed by atoms with E-state index in [2.05, 4.69) is 6.92 Å². The molecule has 7 heteroatoms. The first-order valence-corrected chi connectivity index (χ1v) is 11.4. The van der Waals surface area contributed by atoms with Gasteiger partial charge in [-0.05, 0) is 17.5 Å². The molecule has 0 aliphatic carbocycles. The first-order chi connectivity index (χ1) is 16.5. The molecule has 0 amide bonds. The van der Waals surface area contributed by atoms with Crippen LogP contribution in [0.3, 0.4) is 0 Å². The number of rotatable bonds is 6. The summed E-state index contributed by atoms with van der Waals surface area (Å²) in [5.74, 6) is -3.67. The van der Waals surface area contributed by atoms with Crippen LogP contribution >= 0.6 is 0 Å². The summed E-state index contributed by atoms with van der Waals surface area (Å²) in [7, 11) is 0. The maximum Gasteiger partial charge on any atom is 0.186 e. The number of benzene rings is 3. The number of ether oxygens (including phenoxy) is 3. The van der Waals surface area contributed by atoms with Crippen LogP contribution in [0, 0.1) is 29.2 Å². The van der Waals surface area contributed by atoms with E-state index >= 15 is 0 Å². The SMILES string of the molecule is CCCC1COC(c2ccc(-c3ccc(-c4ccc(C5CO5)c(F)c4F)cc3)c(F)c2F)OC1. The lowest BCUT2D eigenvalue weighted by Crippen LogP contribution is -2.27. The molecule has 0 spiro atoms. The first-order valence-electron chi connectivity index (χ1n) is 11.4. The molecule has 0 radical (unpaired) electrons. The van der Waals surface area contributed by atoms with E-state index in [-0.39, 0.29) is 28.2 Å². The summed E-state index contributed by atoms with van der Waals surface area (Å²) < 4.78 is 75.1. The zero-order chi connectivity index (χ0) is 23.8. The molecule has 178 valence electrons. The number of hydrogen-bond acceptors (Lipinski definition) is 3. The van der Waals surface area contributed by atoms with Crippen molar-refractivity contribution in [1.82, 2.24) is 0 Å². The molecule has 0 aromatic heterocycles. The minimum atomic E-state index is -1.02. The maximum absolute atomic E-state index is 15.0. The Morgan fingerprint density at radius 2 is 1.15 bits per heavy atom. The van der Waals surface area contributed by atoms with E-state index in [1.165, 1.54) is 24.3 Å². The first kappa shape index (κ1) is 23.0. The van der Waals surface area contributed by atoms with Gasteiger partial charge in [0.1, 0.15) is 6.10 Å². The van der Waals surface area contributed by atoms with Crippen LogP contribution in [-0.4, -0.2) is 19.8 Å². The third kappa shape index (κ3) is 4.35. The average molecular weight is 472 g/mol. The van der Waals surface area contributed by atoms with E-state index in [9.17, 15) is 17.6 Å². The van der Waals surface area contributed by atoms with Gasteiger partial charge < -0.3 is 14.2 Å². The number of epoxide rings is 1. The van der Waals surface area contributed by atoms with Gasteiger partial charge in [0.05, 0.1) is 19.8 Å². The summed E-state index contributed by atoms with van der Waals surface area (Å²) in [4.78, 5) is 0. The van der Waals surface area contributed by atoms with E-state index < -0.39 is 35.7 Å². The van der Waals surface area contributed by atoms with Gasteiger partial charge in [-0.25, -0.2) is 17.6 Å². The predicted molar refractivity (Wildman–Crippen MR) is 119 cm³/mol. The summed E-state index contributed by atoms with van der Waals surface area (Å²) in [6.45, 7) is 3.33. The third-order valence-corrected chi connectivity index (χ3v) is 6.33. The fraction of sp³-hybridized carbons (Fsp3) is 0.333. The van der Waals surface area contributed by atoms with Crippen LogP contribution in [0.25, 0.3) is 22.3 Å². The Kier molecular flexibility index (Phi) is 6.42. The van der Waals surface area contributed by atoms with Crippen LogP contribution in [0.15, 0.2) is 48.5 Å². The molecule has 2 heterocycles. The Labute approximate surface area is 195 Å². The molecule has 1 unspecified atom stereocenters. The van der Waals surface area contributed by atoms with Crippen molar-refractivity contribution in [2.24, 2.45) is 5.92 Å². The van der Waals surface area contributed by atoms with Crippen LogP contribution < -0.4 is 0 Å². The molecule has 3 aromatic carbocycles. The Balaban J connectivity index is 1.37. The largest absolute Gasteiger partial charge is 0.368 e. The fourth-order valence-corrected chi connectivity index (χ4v) is 4.36. The Morgan fingerprint density at radius 3 is 1.65 bits per heavy atom. The summed E-state index contributed by atoms with van der Waals surface area (Å²) >= 11 is 0. The van der Waals surface area contributed by atoms with E-state index in [1.54, 1.807) is 24.3 Å². The average Bonchev–Trinajstić information content (AvgIpc) is 3.69. The zero-order valence-corrected chi connectivity index (χ0v) is 18.6. The molecule has 2 fully saturated rings. The molecule has 1 atom stereocenters. The number of halogens is 4. The minimum Gasteiger partial charge on any atom is -0.368 e. The van der Waals surface area contributed by atoms with Crippen LogP contribution in [0.2, 0.25) is 0 Å². The standard InChI is InChI=1S/C27H24F4O3/c1-2-3-15-12-33-27(34-13-15)21-11-9-19(24(29)26(21)31)17-6-4-16(5-7-17)18-8-10-20(22-14-32-22)25(30)23(18)28/h4-11,15,22,27H,2-3,12-14H2,1H3. The summed E-state index contributed by atoms with van der Waals surface area (Å²) in [5.41, 5.74) is 1.19. The molecule has 0 N–H and O–H groups in total. The van der Waals surface area contributed by atoms with Crippen molar-refractivity contribution >= 4 is 0 Å². The van der Waals surface area contributed by atoms with Gasteiger partial charge >= 0.3 is 0 Å². The predicted octanol–water partition coefficient (Wildman–Crippen LogP) is 7.11. The monoisotopic (exact) mass is 472 g/mol. The van der Waals surface area contributed by atoms with Crippen molar-refractivity contribution < 1.29 is 31.8 Å². The molecule has 34 heavy (non-hydrogen) atoms. The van der Waals surface area contributed by atoms with Crippen LogP contribution in [0.1, 0.15) is 43.3 Å². The lowest BCUT2D eigenvalue weighted by atomic mass is 9.97. The van der Waals surface area contributed by atoms with Crippen molar-refractivity contribution in [2.45, 2.75) is 32.2 Å². The normalized spacial score (nSPS) is 22.1. The maximum atomic E-state index is 15.0. The highest BCUT2D eigenvalue weighted by Crippen LogP contribution is 2.37. The molecular formula is C27H24F4O3. The topological polar surface area (TPSA) is 31.0 Å². The number of hydrogen-bond donors (Lipinski definition) is 0. The van der Waals surface area contributed by atoms with Gasteiger partial charge in [0.25, 0.3) is 0 Å². The van der Waals surface area contributed by atoms with E-state index in [4.69, 9.17) is 14.2 Å². The lowest BCUT2D eigenvalue weighted by Gasteiger charge is -2.29. The molecule has 3 aromatic rings. The van der Waals surface area contributed by atoms with Crippen molar-refractivity contribution in [3.05, 3.63) is 82.9 Å². The molecule has 3 nitrogen and oxygen atoms in total. The third-order valence-electron chi connectivity index (χ3n) is 6.33. The molecule has 2 saturated heterocycles. The van der Waals surface area contributed by atoms with Gasteiger partial charge in [0, 0.05) is 28.2 Å². The van der Waals surface area contributed by atoms with Crippen molar-refractivity contribution in [3.8, 4) is 22.3 Å². The summed E-state index contributed by atoms with van der Waals surface area (Å²) in [6, 6.07) is 12.1. The molecule has 2 aliphatic rings. The van der Waals surface area contributed by atoms with Gasteiger partial charge in [-0.1, -0.05) is 61.9 Å². The van der Waals surface area contributed by atoms with E-state index in [1.807, 2.05) is 0 Å². The molecular weight excluding hydrogens is 448 g/mol. The second-order valence-electron chi connectivity index (χ2n) is 8.71. The van der Waals surface area contributed by atoms with Gasteiger partial charge in [-0.15, -0.1) is 0 Å². The van der Waals surface area contributed by atoms with Crippen LogP contribution in [0.4, 0.5) is 17.6 Å². The van der Waals surface area contributed by atoms with Gasteiger partial charge in [0.2, 0.25) is 0 Å². The highest BCUT2D eigenvalue weighted by atomic mass is 19.2. The Morgan fingerprint density at radius 1 is 0.647 bits per heavy atom. The van der Waals surface area contributed by atoms with E-state index in [0.717, 1.165) is 12.8 Å². The summed E-state index contributed by atoms with van der Waals surface area (Å²) in [6.07, 6.45) is 0.615. The van der Waals surface area contributed by atoms with Gasteiger partial charge in [-0.3, -0.25) is 0 Å². The zero-order valence-electron chi connectivity index (χ0n) is 18.6. The fourth-order valence-electron chi connectivity index (χ4n) is 4.36. The minimum absolute atomic E-state index is 0.0186. The van der Waals surface area contributed by atoms with Crippen molar-refractivity contribution in [3.63, 3.8) is 0 Å². The highest BCUT2D eigenvalue weighted by Gasteiger charge is 2.30. The van der Waals surface area contributed by atoms with Crippen molar-refractivity contribution in [1.29, 1.82) is 0 Å². The van der Waals surface area contributed by atoms with Crippen LogP contribution in [0.5, 0.6) is 0 Å². The van der Waals surface area contributed by atoms with Gasteiger partial charge in [0.15, 0.2) is 29.6 Å². The molecule has 2 aliphatic heterocycles. The second kappa shape index (κ2) is 9.49. The Bertz CT molecular complexity index is 1180. The van der Waals surface area contributed by atoms with Crippen LogP contribution in [-0.2, 0) is 14.2 Å². The smallest absolute Gasteiger partial charge is 0.186 e. The molecule has 0 bridgehead atoms. The second-order valence-corrected chi connectivity index (χ2v) is 8.71. The highest BCUT2D eigenvalue weighted by molar-refractivity contribution is 5.71.